The molecule has 0 aliphatic heterocycles. The Balaban J connectivity index is 1.85. The SMILES string of the molecule is COC(=O)c1cc2c(-c3ccccc3)cc(Sc3ccc(C)c(C)c3)cc2[nH]1. The average Bonchev–Trinajstić information content (AvgIpc) is 3.14. The number of nitrogens with one attached hydrogen (secondary N) is 1. The van der Waals surface area contributed by atoms with E-state index < -0.39 is 0 Å². The van der Waals surface area contributed by atoms with E-state index in [0.717, 1.165) is 26.9 Å². The first-order valence-electron chi connectivity index (χ1n) is 9.11. The van der Waals surface area contributed by atoms with E-state index in [2.05, 4.69) is 61.3 Å². The Morgan fingerprint density at radius 2 is 1.68 bits per heavy atom. The molecule has 1 aromatic heterocycles. The van der Waals surface area contributed by atoms with Crippen LogP contribution in [0.5, 0.6) is 0 Å². The number of aromatic amines is 1. The molecule has 0 spiro atoms. The van der Waals surface area contributed by atoms with Gasteiger partial charge in [-0.25, -0.2) is 4.79 Å². The van der Waals surface area contributed by atoms with Crippen molar-refractivity contribution in [1.82, 2.24) is 4.98 Å². The van der Waals surface area contributed by atoms with Crippen LogP contribution >= 0.6 is 11.8 Å². The van der Waals surface area contributed by atoms with Crippen molar-refractivity contribution in [1.29, 1.82) is 0 Å². The Morgan fingerprint density at radius 3 is 2.39 bits per heavy atom. The zero-order valence-corrected chi connectivity index (χ0v) is 16.9. The minimum absolute atomic E-state index is 0.362. The standard InChI is InChI=1S/C24H21NO2S/c1-15-9-10-18(11-16(15)2)28-19-12-20(17-7-5-4-6-8-17)21-14-23(24(26)27-3)25-22(21)13-19/h4-14,25H,1-3H3. The maximum Gasteiger partial charge on any atom is 0.354 e. The summed E-state index contributed by atoms with van der Waals surface area (Å²) in [6, 6.07) is 22.9. The fraction of sp³-hybridized carbons (Fsp3) is 0.125. The number of carbonyl (C=O) groups is 1. The number of ether oxygens (including phenoxy) is 1. The van der Waals surface area contributed by atoms with Gasteiger partial charge < -0.3 is 9.72 Å². The molecule has 1 heterocycles. The number of hydrogen-bond acceptors (Lipinski definition) is 3. The van der Waals surface area contributed by atoms with E-state index in [4.69, 9.17) is 4.74 Å². The minimum Gasteiger partial charge on any atom is -0.464 e. The summed E-state index contributed by atoms with van der Waals surface area (Å²) >= 11 is 1.72. The number of fused-ring (bicyclic) bond motifs is 1. The Labute approximate surface area is 168 Å². The molecule has 4 heteroatoms. The minimum atomic E-state index is -0.362. The number of aromatic nitrogens is 1. The third-order valence-electron chi connectivity index (χ3n) is 4.92. The van der Waals surface area contributed by atoms with E-state index in [-0.39, 0.29) is 5.97 Å². The van der Waals surface area contributed by atoms with Crippen molar-refractivity contribution in [3.63, 3.8) is 0 Å². The summed E-state index contributed by atoms with van der Waals surface area (Å²) in [5.74, 6) is -0.362. The molecule has 0 unspecified atom stereocenters. The van der Waals surface area contributed by atoms with Crippen molar-refractivity contribution in [2.45, 2.75) is 23.6 Å². The van der Waals surface area contributed by atoms with Gasteiger partial charge in [0, 0.05) is 20.7 Å². The highest BCUT2D eigenvalue weighted by Crippen LogP contribution is 2.37. The molecule has 0 saturated heterocycles. The molecule has 0 bridgehead atoms. The lowest BCUT2D eigenvalue weighted by Crippen LogP contribution is -2.00. The second kappa shape index (κ2) is 7.56. The molecule has 0 aliphatic rings. The van der Waals surface area contributed by atoms with Gasteiger partial charge in [0.25, 0.3) is 0 Å². The topological polar surface area (TPSA) is 42.1 Å². The van der Waals surface area contributed by atoms with Gasteiger partial charge in [-0.2, -0.15) is 0 Å². The van der Waals surface area contributed by atoms with Crippen LogP contribution in [0.1, 0.15) is 21.6 Å². The van der Waals surface area contributed by atoms with Crippen molar-refractivity contribution in [3.8, 4) is 11.1 Å². The quantitative estimate of drug-likeness (QED) is 0.413. The Bertz CT molecular complexity index is 1160. The lowest BCUT2D eigenvalue weighted by atomic mass is 10.0. The Morgan fingerprint density at radius 1 is 0.893 bits per heavy atom. The molecule has 28 heavy (non-hydrogen) atoms. The Hall–Kier alpha value is -2.98. The molecule has 0 aliphatic carbocycles. The number of H-pyrrole nitrogens is 1. The predicted octanol–water partition coefficient (Wildman–Crippen LogP) is 6.39. The summed E-state index contributed by atoms with van der Waals surface area (Å²) in [5.41, 5.74) is 6.16. The number of esters is 1. The lowest BCUT2D eigenvalue weighted by Gasteiger charge is -2.09. The zero-order valence-electron chi connectivity index (χ0n) is 16.1. The molecule has 0 fully saturated rings. The second-order valence-electron chi connectivity index (χ2n) is 6.82. The molecule has 0 radical (unpaired) electrons. The van der Waals surface area contributed by atoms with E-state index in [1.807, 2.05) is 24.3 Å². The summed E-state index contributed by atoms with van der Waals surface area (Å²) < 4.78 is 4.89. The molecule has 0 saturated carbocycles. The van der Waals surface area contributed by atoms with Crippen molar-refractivity contribution >= 4 is 28.6 Å². The summed E-state index contributed by atoms with van der Waals surface area (Å²) in [7, 11) is 1.40. The van der Waals surface area contributed by atoms with Gasteiger partial charge in [0.2, 0.25) is 0 Å². The molecule has 3 nitrogen and oxygen atoms in total. The van der Waals surface area contributed by atoms with Gasteiger partial charge in [-0.15, -0.1) is 0 Å². The third-order valence-corrected chi connectivity index (χ3v) is 5.88. The van der Waals surface area contributed by atoms with Gasteiger partial charge in [-0.3, -0.25) is 0 Å². The highest BCUT2D eigenvalue weighted by Gasteiger charge is 2.14. The van der Waals surface area contributed by atoms with E-state index in [1.165, 1.54) is 23.1 Å². The van der Waals surface area contributed by atoms with Crippen LogP contribution in [0, 0.1) is 13.8 Å². The van der Waals surface area contributed by atoms with Crippen LogP contribution in [-0.4, -0.2) is 18.1 Å². The van der Waals surface area contributed by atoms with Crippen LogP contribution in [0.2, 0.25) is 0 Å². The average molecular weight is 388 g/mol. The van der Waals surface area contributed by atoms with Crippen molar-refractivity contribution < 1.29 is 9.53 Å². The summed E-state index contributed by atoms with van der Waals surface area (Å²) in [6.07, 6.45) is 0. The zero-order chi connectivity index (χ0) is 19.7. The molecule has 4 aromatic rings. The number of carbonyl (C=O) groups excluding carboxylic acids is 1. The molecule has 3 aromatic carbocycles. The number of aryl methyl sites for hydroxylation is 2. The van der Waals surface area contributed by atoms with Gasteiger partial charge in [0.15, 0.2) is 0 Å². The van der Waals surface area contributed by atoms with Gasteiger partial charge in [-0.1, -0.05) is 48.2 Å². The summed E-state index contributed by atoms with van der Waals surface area (Å²) in [6.45, 7) is 4.25. The predicted molar refractivity (Wildman–Crippen MR) is 115 cm³/mol. The first-order chi connectivity index (χ1) is 13.5. The lowest BCUT2D eigenvalue weighted by molar-refractivity contribution is 0.0595. The van der Waals surface area contributed by atoms with E-state index in [0.29, 0.717) is 5.69 Å². The molecule has 0 atom stereocenters. The van der Waals surface area contributed by atoms with Gasteiger partial charge in [0.05, 0.1) is 7.11 Å². The van der Waals surface area contributed by atoms with Gasteiger partial charge in [-0.05, 0) is 66.4 Å². The smallest absolute Gasteiger partial charge is 0.354 e. The highest BCUT2D eigenvalue weighted by atomic mass is 32.2. The van der Waals surface area contributed by atoms with E-state index in [9.17, 15) is 4.79 Å². The van der Waals surface area contributed by atoms with Crippen LogP contribution in [0.25, 0.3) is 22.0 Å². The normalized spacial score (nSPS) is 11.0. The molecule has 4 rings (SSSR count). The van der Waals surface area contributed by atoms with Crippen molar-refractivity contribution in [2.75, 3.05) is 7.11 Å². The van der Waals surface area contributed by atoms with Crippen molar-refractivity contribution in [3.05, 3.63) is 83.6 Å². The Kier molecular flexibility index (Phi) is 4.97. The molecule has 140 valence electrons. The molecular weight excluding hydrogens is 366 g/mol. The van der Waals surface area contributed by atoms with Crippen LogP contribution in [0.15, 0.2) is 76.5 Å². The molecule has 1 N–H and O–H groups in total. The maximum atomic E-state index is 12.0. The number of benzene rings is 3. The number of rotatable bonds is 4. The third kappa shape index (κ3) is 3.56. The summed E-state index contributed by atoms with van der Waals surface area (Å²) in [4.78, 5) is 17.5. The monoisotopic (exact) mass is 387 g/mol. The highest BCUT2D eigenvalue weighted by molar-refractivity contribution is 7.99. The fourth-order valence-electron chi connectivity index (χ4n) is 3.26. The van der Waals surface area contributed by atoms with E-state index in [1.54, 1.807) is 11.8 Å². The van der Waals surface area contributed by atoms with Gasteiger partial charge in [0.1, 0.15) is 5.69 Å². The van der Waals surface area contributed by atoms with Crippen LogP contribution in [0.4, 0.5) is 0 Å². The van der Waals surface area contributed by atoms with Crippen LogP contribution < -0.4 is 0 Å². The van der Waals surface area contributed by atoms with Crippen LogP contribution in [0.3, 0.4) is 0 Å². The molecular formula is C24H21NO2S. The van der Waals surface area contributed by atoms with Crippen molar-refractivity contribution in [2.24, 2.45) is 0 Å². The largest absolute Gasteiger partial charge is 0.464 e. The fourth-order valence-corrected chi connectivity index (χ4v) is 4.26. The van der Waals surface area contributed by atoms with Gasteiger partial charge >= 0.3 is 5.97 Å². The first-order valence-corrected chi connectivity index (χ1v) is 9.92. The first kappa shape index (κ1) is 18.4. The summed E-state index contributed by atoms with van der Waals surface area (Å²) in [5, 5.41) is 1.01. The molecule has 0 amide bonds. The van der Waals surface area contributed by atoms with E-state index >= 15 is 0 Å². The maximum absolute atomic E-state index is 12.0. The number of hydrogen-bond donors (Lipinski definition) is 1. The second-order valence-corrected chi connectivity index (χ2v) is 7.97. The van der Waals surface area contributed by atoms with Crippen LogP contribution in [-0.2, 0) is 4.74 Å². The number of methoxy groups -OCH3 is 1.